The molecule has 3 heteroatoms. The Kier molecular flexibility index (Phi) is 4.67. The SMILES string of the molecule is CCCNC(c1cccc(C2CCC2)c1)c1ccc(Cl)o1. The molecular weight excluding hydrogens is 282 g/mol. The highest BCUT2D eigenvalue weighted by molar-refractivity contribution is 6.28. The summed E-state index contributed by atoms with van der Waals surface area (Å²) in [5.41, 5.74) is 2.72. The van der Waals surface area contributed by atoms with Crippen LogP contribution >= 0.6 is 11.6 Å². The van der Waals surface area contributed by atoms with Crippen LogP contribution in [0.3, 0.4) is 0 Å². The van der Waals surface area contributed by atoms with Crippen LogP contribution in [0.4, 0.5) is 0 Å². The fraction of sp³-hybridized carbons (Fsp3) is 0.444. The Bertz CT molecular complexity index is 588. The summed E-state index contributed by atoms with van der Waals surface area (Å²) in [5, 5.41) is 4.01. The van der Waals surface area contributed by atoms with Gasteiger partial charge < -0.3 is 9.73 Å². The minimum absolute atomic E-state index is 0.0810. The predicted octanol–water partition coefficient (Wildman–Crippen LogP) is 5.29. The quantitative estimate of drug-likeness (QED) is 0.784. The summed E-state index contributed by atoms with van der Waals surface area (Å²) in [7, 11) is 0. The lowest BCUT2D eigenvalue weighted by Gasteiger charge is -2.27. The normalized spacial score (nSPS) is 16.7. The number of hydrogen-bond donors (Lipinski definition) is 1. The highest BCUT2D eigenvalue weighted by Crippen LogP contribution is 2.37. The summed E-state index contributed by atoms with van der Waals surface area (Å²) in [5.74, 6) is 1.64. The molecule has 3 rings (SSSR count). The van der Waals surface area contributed by atoms with Crippen LogP contribution in [0, 0.1) is 0 Å². The first-order valence-corrected chi connectivity index (χ1v) is 8.24. The summed E-state index contributed by atoms with van der Waals surface area (Å²) in [6.07, 6.45) is 5.10. The first-order valence-electron chi connectivity index (χ1n) is 7.86. The smallest absolute Gasteiger partial charge is 0.193 e. The fourth-order valence-corrected chi connectivity index (χ4v) is 3.04. The van der Waals surface area contributed by atoms with Crippen molar-refractivity contribution >= 4 is 11.6 Å². The molecule has 0 bridgehead atoms. The molecule has 21 heavy (non-hydrogen) atoms. The molecule has 1 unspecified atom stereocenters. The Morgan fingerprint density at radius 3 is 2.76 bits per heavy atom. The third-order valence-electron chi connectivity index (χ3n) is 4.30. The van der Waals surface area contributed by atoms with Gasteiger partial charge in [-0.2, -0.15) is 0 Å². The zero-order chi connectivity index (χ0) is 14.7. The van der Waals surface area contributed by atoms with E-state index in [1.54, 1.807) is 0 Å². The lowest BCUT2D eigenvalue weighted by atomic mass is 9.79. The van der Waals surface area contributed by atoms with Crippen LogP contribution in [-0.4, -0.2) is 6.54 Å². The van der Waals surface area contributed by atoms with Gasteiger partial charge in [0.2, 0.25) is 0 Å². The van der Waals surface area contributed by atoms with E-state index in [2.05, 4.69) is 36.5 Å². The molecule has 1 aromatic carbocycles. The van der Waals surface area contributed by atoms with E-state index in [1.165, 1.54) is 30.4 Å². The maximum Gasteiger partial charge on any atom is 0.193 e. The first-order chi connectivity index (χ1) is 10.3. The van der Waals surface area contributed by atoms with Crippen LogP contribution < -0.4 is 5.32 Å². The van der Waals surface area contributed by atoms with Crippen molar-refractivity contribution in [1.82, 2.24) is 5.32 Å². The molecular formula is C18H22ClNO. The molecule has 112 valence electrons. The zero-order valence-corrected chi connectivity index (χ0v) is 13.2. The van der Waals surface area contributed by atoms with Gasteiger partial charge in [0.25, 0.3) is 0 Å². The number of halogens is 1. The molecule has 2 nitrogen and oxygen atoms in total. The van der Waals surface area contributed by atoms with E-state index in [4.69, 9.17) is 16.0 Å². The maximum absolute atomic E-state index is 5.94. The second-order valence-electron chi connectivity index (χ2n) is 5.83. The second-order valence-corrected chi connectivity index (χ2v) is 6.20. The number of furan rings is 1. The Morgan fingerprint density at radius 1 is 1.29 bits per heavy atom. The lowest BCUT2D eigenvalue weighted by Crippen LogP contribution is -2.23. The number of benzene rings is 1. The largest absolute Gasteiger partial charge is 0.448 e. The van der Waals surface area contributed by atoms with Gasteiger partial charge in [-0.05, 0) is 66.6 Å². The van der Waals surface area contributed by atoms with E-state index in [-0.39, 0.29) is 6.04 Å². The van der Waals surface area contributed by atoms with Gasteiger partial charge >= 0.3 is 0 Å². The third kappa shape index (κ3) is 3.33. The summed E-state index contributed by atoms with van der Waals surface area (Å²) in [6.45, 7) is 3.13. The van der Waals surface area contributed by atoms with Gasteiger partial charge in [0.1, 0.15) is 5.76 Å². The van der Waals surface area contributed by atoms with Gasteiger partial charge in [0, 0.05) is 0 Å². The molecule has 0 amide bonds. The number of hydrogen-bond acceptors (Lipinski definition) is 2. The Balaban J connectivity index is 1.88. The first kappa shape index (κ1) is 14.7. The molecule has 1 fully saturated rings. The lowest BCUT2D eigenvalue weighted by molar-refractivity contribution is 0.417. The average molecular weight is 304 g/mol. The summed E-state index contributed by atoms with van der Waals surface area (Å²) in [6, 6.07) is 12.8. The van der Waals surface area contributed by atoms with E-state index >= 15 is 0 Å². The molecule has 1 aliphatic rings. The van der Waals surface area contributed by atoms with Crippen molar-refractivity contribution in [2.24, 2.45) is 0 Å². The molecule has 0 aliphatic heterocycles. The highest BCUT2D eigenvalue weighted by Gasteiger charge is 2.22. The van der Waals surface area contributed by atoms with E-state index < -0.39 is 0 Å². The van der Waals surface area contributed by atoms with Crippen molar-refractivity contribution in [2.45, 2.75) is 44.6 Å². The van der Waals surface area contributed by atoms with Crippen LogP contribution in [0.1, 0.15) is 61.5 Å². The molecule has 1 N–H and O–H groups in total. The Morgan fingerprint density at radius 2 is 2.14 bits per heavy atom. The Hall–Kier alpha value is -1.25. The highest BCUT2D eigenvalue weighted by atomic mass is 35.5. The van der Waals surface area contributed by atoms with Crippen molar-refractivity contribution in [3.63, 3.8) is 0 Å². The van der Waals surface area contributed by atoms with E-state index in [0.29, 0.717) is 5.22 Å². The summed E-state index contributed by atoms with van der Waals surface area (Å²) < 4.78 is 5.64. The molecule has 0 saturated heterocycles. The van der Waals surface area contributed by atoms with Crippen molar-refractivity contribution in [3.05, 3.63) is 58.5 Å². The van der Waals surface area contributed by atoms with Crippen LogP contribution in [0.25, 0.3) is 0 Å². The van der Waals surface area contributed by atoms with Crippen molar-refractivity contribution in [3.8, 4) is 0 Å². The molecule has 0 spiro atoms. The molecule has 1 aliphatic carbocycles. The minimum atomic E-state index is 0.0810. The van der Waals surface area contributed by atoms with Crippen molar-refractivity contribution in [2.75, 3.05) is 6.54 Å². The van der Waals surface area contributed by atoms with Gasteiger partial charge in [-0.1, -0.05) is 37.6 Å². The summed E-state index contributed by atoms with van der Waals surface area (Å²) in [4.78, 5) is 0. The molecule has 1 heterocycles. The van der Waals surface area contributed by atoms with Gasteiger partial charge in [-0.25, -0.2) is 0 Å². The van der Waals surface area contributed by atoms with Crippen molar-refractivity contribution in [1.29, 1.82) is 0 Å². The monoisotopic (exact) mass is 303 g/mol. The standard InChI is InChI=1S/C18H22ClNO/c1-2-11-20-18(16-9-10-17(19)21-16)15-8-4-7-14(12-15)13-5-3-6-13/h4,7-10,12-13,18,20H,2-3,5-6,11H2,1H3. The number of rotatable bonds is 6. The third-order valence-corrected chi connectivity index (χ3v) is 4.50. The molecule has 2 aromatic rings. The summed E-state index contributed by atoms with van der Waals surface area (Å²) >= 11 is 5.94. The molecule has 1 atom stereocenters. The van der Waals surface area contributed by atoms with E-state index in [0.717, 1.165) is 24.6 Å². The zero-order valence-electron chi connectivity index (χ0n) is 12.4. The fourth-order valence-electron chi connectivity index (χ4n) is 2.89. The molecule has 1 aromatic heterocycles. The molecule has 1 saturated carbocycles. The van der Waals surface area contributed by atoms with E-state index in [1.807, 2.05) is 12.1 Å². The van der Waals surface area contributed by atoms with Gasteiger partial charge in [0.15, 0.2) is 5.22 Å². The number of nitrogens with one attached hydrogen (secondary N) is 1. The van der Waals surface area contributed by atoms with E-state index in [9.17, 15) is 0 Å². The van der Waals surface area contributed by atoms with Crippen LogP contribution in [0.15, 0.2) is 40.8 Å². The topological polar surface area (TPSA) is 25.2 Å². The second kappa shape index (κ2) is 6.67. The van der Waals surface area contributed by atoms with Crippen molar-refractivity contribution < 1.29 is 4.42 Å². The average Bonchev–Trinajstić information content (AvgIpc) is 2.84. The van der Waals surface area contributed by atoms with Gasteiger partial charge in [-0.3, -0.25) is 0 Å². The van der Waals surface area contributed by atoms with Gasteiger partial charge in [-0.15, -0.1) is 0 Å². The maximum atomic E-state index is 5.94. The molecule has 0 radical (unpaired) electrons. The van der Waals surface area contributed by atoms with Crippen LogP contribution in [0.2, 0.25) is 5.22 Å². The predicted molar refractivity (Wildman–Crippen MR) is 86.9 cm³/mol. The minimum Gasteiger partial charge on any atom is -0.448 e. The van der Waals surface area contributed by atoms with Crippen LogP contribution in [-0.2, 0) is 0 Å². The Labute approximate surface area is 131 Å². The van der Waals surface area contributed by atoms with Gasteiger partial charge in [0.05, 0.1) is 6.04 Å². The van der Waals surface area contributed by atoms with Crippen LogP contribution in [0.5, 0.6) is 0 Å².